The highest BCUT2D eigenvalue weighted by Crippen LogP contribution is 2.34. The van der Waals surface area contributed by atoms with Gasteiger partial charge < -0.3 is 14.1 Å². The zero-order chi connectivity index (χ0) is 21.1. The minimum Gasteiger partial charge on any atom is -0.496 e. The number of thioether (sulfide) groups is 1. The maximum atomic E-state index is 12.1. The third-order valence-corrected chi connectivity index (χ3v) is 5.70. The minimum absolute atomic E-state index is 0.212. The van der Waals surface area contributed by atoms with Crippen molar-refractivity contribution in [2.45, 2.75) is 17.8 Å². The van der Waals surface area contributed by atoms with Crippen LogP contribution in [0.2, 0.25) is 0 Å². The Kier molecular flexibility index (Phi) is 6.01. The second-order valence-electron chi connectivity index (χ2n) is 6.33. The molecule has 1 aromatic carbocycles. The molecule has 30 heavy (non-hydrogen) atoms. The van der Waals surface area contributed by atoms with Gasteiger partial charge in [-0.1, -0.05) is 27.7 Å². The lowest BCUT2D eigenvalue weighted by atomic mass is 10.2. The number of halogens is 1. The first-order valence-electron chi connectivity index (χ1n) is 8.98. The van der Waals surface area contributed by atoms with E-state index in [2.05, 4.69) is 35.9 Å². The second kappa shape index (κ2) is 8.85. The van der Waals surface area contributed by atoms with Crippen LogP contribution in [0, 0.1) is 6.92 Å². The molecule has 0 unspecified atom stereocenters. The van der Waals surface area contributed by atoms with Crippen LogP contribution in [0.5, 0.6) is 5.75 Å². The van der Waals surface area contributed by atoms with Crippen molar-refractivity contribution in [3.05, 3.63) is 75.1 Å². The predicted molar refractivity (Wildman–Crippen MR) is 119 cm³/mol. The van der Waals surface area contributed by atoms with Gasteiger partial charge in [-0.3, -0.25) is 9.78 Å². The molecule has 3 aromatic heterocycles. The van der Waals surface area contributed by atoms with Crippen molar-refractivity contribution >= 4 is 27.7 Å². The van der Waals surface area contributed by atoms with Crippen molar-refractivity contribution in [1.29, 1.82) is 0 Å². The largest absolute Gasteiger partial charge is 0.496 e. The van der Waals surface area contributed by atoms with Gasteiger partial charge in [0.15, 0.2) is 5.16 Å². The Hall–Kier alpha value is -2.91. The van der Waals surface area contributed by atoms with Gasteiger partial charge in [0, 0.05) is 34.2 Å². The zero-order valence-electron chi connectivity index (χ0n) is 16.2. The SMILES string of the molecule is COc1ccc(Br)cc1-c1nc(CSc2nc(-c3ccncc3)cc(=O)[nH]2)c(C)o1. The minimum atomic E-state index is -0.212. The van der Waals surface area contributed by atoms with Crippen LogP contribution in [-0.4, -0.2) is 27.0 Å². The first-order valence-corrected chi connectivity index (χ1v) is 10.8. The van der Waals surface area contributed by atoms with Crippen molar-refractivity contribution in [1.82, 2.24) is 19.9 Å². The summed E-state index contributed by atoms with van der Waals surface area (Å²) < 4.78 is 12.2. The van der Waals surface area contributed by atoms with Crippen molar-refractivity contribution in [2.24, 2.45) is 0 Å². The molecular formula is C21H17BrN4O3S. The van der Waals surface area contributed by atoms with Crippen LogP contribution in [0.15, 0.2) is 67.6 Å². The van der Waals surface area contributed by atoms with Crippen LogP contribution in [0.1, 0.15) is 11.5 Å². The van der Waals surface area contributed by atoms with Gasteiger partial charge in [-0.2, -0.15) is 0 Å². The molecule has 0 saturated heterocycles. The Labute approximate surface area is 185 Å². The summed E-state index contributed by atoms with van der Waals surface area (Å²) in [7, 11) is 1.61. The number of hydrogen-bond donors (Lipinski definition) is 1. The van der Waals surface area contributed by atoms with Gasteiger partial charge >= 0.3 is 0 Å². The van der Waals surface area contributed by atoms with Crippen LogP contribution in [0.4, 0.5) is 0 Å². The third kappa shape index (κ3) is 4.47. The topological polar surface area (TPSA) is 93.9 Å². The Morgan fingerprint density at radius 2 is 1.97 bits per heavy atom. The van der Waals surface area contributed by atoms with E-state index < -0.39 is 0 Å². The molecule has 152 valence electrons. The number of aromatic nitrogens is 4. The summed E-state index contributed by atoms with van der Waals surface area (Å²) in [5.74, 6) is 2.35. The fourth-order valence-corrected chi connectivity index (χ4v) is 4.07. The summed E-state index contributed by atoms with van der Waals surface area (Å²) in [4.78, 5) is 28.0. The number of benzene rings is 1. The van der Waals surface area contributed by atoms with E-state index in [1.165, 1.54) is 17.8 Å². The number of aryl methyl sites for hydroxylation is 1. The number of pyridine rings is 1. The molecule has 0 amide bonds. The zero-order valence-corrected chi connectivity index (χ0v) is 18.6. The number of H-pyrrole nitrogens is 1. The van der Waals surface area contributed by atoms with Gasteiger partial charge in [-0.25, -0.2) is 9.97 Å². The molecule has 7 nitrogen and oxygen atoms in total. The lowest BCUT2D eigenvalue weighted by Gasteiger charge is -2.05. The van der Waals surface area contributed by atoms with E-state index in [9.17, 15) is 4.79 Å². The Morgan fingerprint density at radius 3 is 2.73 bits per heavy atom. The smallest absolute Gasteiger partial charge is 0.252 e. The fraction of sp³-hybridized carbons (Fsp3) is 0.143. The first kappa shape index (κ1) is 20.4. The number of ether oxygens (including phenoxy) is 1. The molecule has 0 radical (unpaired) electrons. The molecule has 1 N–H and O–H groups in total. The second-order valence-corrected chi connectivity index (χ2v) is 8.21. The van der Waals surface area contributed by atoms with Crippen molar-refractivity contribution in [2.75, 3.05) is 7.11 Å². The molecular weight excluding hydrogens is 468 g/mol. The highest BCUT2D eigenvalue weighted by molar-refractivity contribution is 9.10. The molecule has 0 bridgehead atoms. The van der Waals surface area contributed by atoms with Crippen LogP contribution in [0.3, 0.4) is 0 Å². The number of rotatable bonds is 6. The lowest BCUT2D eigenvalue weighted by Crippen LogP contribution is -2.08. The van der Waals surface area contributed by atoms with E-state index in [0.29, 0.717) is 34.0 Å². The average molecular weight is 485 g/mol. The quantitative estimate of drug-likeness (QED) is 0.308. The van der Waals surface area contributed by atoms with Gasteiger partial charge in [0.1, 0.15) is 11.5 Å². The summed E-state index contributed by atoms with van der Waals surface area (Å²) in [6.45, 7) is 1.86. The van der Waals surface area contributed by atoms with Crippen LogP contribution >= 0.6 is 27.7 Å². The molecule has 0 aliphatic heterocycles. The standard InChI is InChI=1S/C21H17BrN4O3S/c1-12-17(24-20(29-12)15-9-14(22)3-4-18(15)28-2)11-30-21-25-16(10-19(27)26-21)13-5-7-23-8-6-13/h3-10H,11H2,1-2H3,(H,25,26,27). The Balaban J connectivity index is 1.58. The van der Waals surface area contributed by atoms with Crippen molar-refractivity contribution < 1.29 is 9.15 Å². The van der Waals surface area contributed by atoms with E-state index in [4.69, 9.17) is 9.15 Å². The Bertz CT molecular complexity index is 1240. The molecule has 3 heterocycles. The monoisotopic (exact) mass is 484 g/mol. The van der Waals surface area contributed by atoms with E-state index in [1.54, 1.807) is 19.5 Å². The van der Waals surface area contributed by atoms with Gasteiger partial charge in [0.2, 0.25) is 5.89 Å². The summed E-state index contributed by atoms with van der Waals surface area (Å²) in [5.41, 5.74) is 2.75. The molecule has 9 heteroatoms. The summed E-state index contributed by atoms with van der Waals surface area (Å²) in [6.07, 6.45) is 3.34. The van der Waals surface area contributed by atoms with E-state index in [-0.39, 0.29) is 5.56 Å². The van der Waals surface area contributed by atoms with Gasteiger partial charge in [0.25, 0.3) is 5.56 Å². The van der Waals surface area contributed by atoms with Gasteiger partial charge in [-0.05, 0) is 37.3 Å². The van der Waals surface area contributed by atoms with E-state index >= 15 is 0 Å². The number of methoxy groups -OCH3 is 1. The normalized spacial score (nSPS) is 10.9. The fourth-order valence-electron chi connectivity index (χ4n) is 2.84. The summed E-state index contributed by atoms with van der Waals surface area (Å²) >= 11 is 4.85. The number of oxazole rings is 1. The number of nitrogens with zero attached hydrogens (tertiary/aromatic N) is 3. The van der Waals surface area contributed by atoms with Crippen LogP contribution in [-0.2, 0) is 5.75 Å². The molecule has 4 rings (SSSR count). The molecule has 0 aliphatic carbocycles. The van der Waals surface area contributed by atoms with Crippen LogP contribution in [0.25, 0.3) is 22.7 Å². The predicted octanol–water partition coefficient (Wildman–Crippen LogP) is 4.86. The molecule has 0 spiro atoms. The molecule has 0 saturated carbocycles. The van der Waals surface area contributed by atoms with Gasteiger partial charge in [0.05, 0.1) is 24.1 Å². The van der Waals surface area contributed by atoms with Crippen molar-refractivity contribution in [3.8, 4) is 28.5 Å². The highest BCUT2D eigenvalue weighted by atomic mass is 79.9. The highest BCUT2D eigenvalue weighted by Gasteiger charge is 2.16. The lowest BCUT2D eigenvalue weighted by molar-refractivity contribution is 0.414. The molecule has 0 aliphatic rings. The molecule has 0 atom stereocenters. The van der Waals surface area contributed by atoms with Crippen molar-refractivity contribution in [3.63, 3.8) is 0 Å². The van der Waals surface area contributed by atoms with E-state index in [1.807, 2.05) is 37.3 Å². The molecule has 4 aromatic rings. The third-order valence-electron chi connectivity index (χ3n) is 4.33. The molecule has 0 fully saturated rings. The first-order chi connectivity index (χ1) is 14.5. The van der Waals surface area contributed by atoms with Crippen LogP contribution < -0.4 is 10.3 Å². The average Bonchev–Trinajstić information content (AvgIpc) is 3.13. The number of hydrogen-bond acceptors (Lipinski definition) is 7. The number of nitrogens with one attached hydrogen (secondary N) is 1. The Morgan fingerprint density at radius 1 is 1.17 bits per heavy atom. The summed E-state index contributed by atoms with van der Waals surface area (Å²) in [5, 5.41) is 0.512. The van der Waals surface area contributed by atoms with E-state index in [0.717, 1.165) is 21.3 Å². The van der Waals surface area contributed by atoms with Gasteiger partial charge in [-0.15, -0.1) is 0 Å². The summed E-state index contributed by atoms with van der Waals surface area (Å²) in [6, 6.07) is 10.8. The maximum absolute atomic E-state index is 12.1. The maximum Gasteiger partial charge on any atom is 0.252 e. The number of aromatic amines is 1.